The van der Waals surface area contributed by atoms with Crippen LogP contribution in [-0.2, 0) is 0 Å². The monoisotopic (exact) mass is 337 g/mol. The molecule has 0 radical (unpaired) electrons. The summed E-state index contributed by atoms with van der Waals surface area (Å²) in [6, 6.07) is 16.1. The molecule has 0 amide bonds. The number of benzene rings is 2. The van der Waals surface area contributed by atoms with Crippen molar-refractivity contribution < 1.29 is 4.74 Å². The van der Waals surface area contributed by atoms with Crippen LogP contribution in [0.1, 0.15) is 11.7 Å². The van der Waals surface area contributed by atoms with E-state index in [1.165, 1.54) is 0 Å². The van der Waals surface area contributed by atoms with E-state index in [-0.39, 0.29) is 6.10 Å². The highest BCUT2D eigenvalue weighted by Crippen LogP contribution is 2.31. The maximum absolute atomic E-state index is 6.06. The number of nitrogens with two attached hydrogens (primary N) is 1. The number of halogens is 1. The van der Waals surface area contributed by atoms with Gasteiger partial charge in [-0.25, -0.2) is 0 Å². The maximum atomic E-state index is 6.06. The molecule has 2 N–H and O–H groups in total. The molecule has 1 unspecified atom stereocenters. The Bertz CT molecular complexity index is 547. The summed E-state index contributed by atoms with van der Waals surface area (Å²) < 4.78 is 7.09. The van der Waals surface area contributed by atoms with E-state index in [1.54, 1.807) is 11.8 Å². The Hall–Kier alpha value is -0.970. The smallest absolute Gasteiger partial charge is 0.136 e. The first-order valence-electron chi connectivity index (χ1n) is 6.00. The van der Waals surface area contributed by atoms with Crippen molar-refractivity contribution >= 4 is 27.7 Å². The van der Waals surface area contributed by atoms with Crippen LogP contribution in [0.2, 0.25) is 0 Å². The second kappa shape index (κ2) is 6.98. The molecule has 0 aliphatic heterocycles. The zero-order valence-corrected chi connectivity index (χ0v) is 13.1. The van der Waals surface area contributed by atoms with Gasteiger partial charge in [-0.15, -0.1) is 11.8 Å². The zero-order valence-electron chi connectivity index (χ0n) is 10.7. The highest BCUT2D eigenvalue weighted by molar-refractivity contribution is 9.10. The quantitative estimate of drug-likeness (QED) is 0.828. The van der Waals surface area contributed by atoms with Crippen molar-refractivity contribution in [3.05, 3.63) is 58.6 Å². The summed E-state index contributed by atoms with van der Waals surface area (Å²) in [5, 5.41) is 0. The Morgan fingerprint density at radius 1 is 1.21 bits per heavy atom. The summed E-state index contributed by atoms with van der Waals surface area (Å²) in [5.41, 5.74) is 6.92. The molecule has 0 spiro atoms. The summed E-state index contributed by atoms with van der Waals surface area (Å²) in [7, 11) is 0. The number of hydrogen-bond donors (Lipinski definition) is 1. The molecule has 0 fully saturated rings. The van der Waals surface area contributed by atoms with E-state index >= 15 is 0 Å². The van der Waals surface area contributed by atoms with Gasteiger partial charge in [-0.05, 0) is 36.1 Å². The highest BCUT2D eigenvalue weighted by Gasteiger charge is 2.13. The van der Waals surface area contributed by atoms with E-state index in [0.29, 0.717) is 6.54 Å². The predicted molar refractivity (Wildman–Crippen MR) is 84.8 cm³/mol. The van der Waals surface area contributed by atoms with Crippen LogP contribution in [0.5, 0.6) is 5.75 Å². The molecule has 0 aliphatic rings. The number of ether oxygens (including phenoxy) is 1. The average Bonchev–Trinajstić information content (AvgIpc) is 2.45. The normalized spacial score (nSPS) is 12.2. The molecule has 0 saturated carbocycles. The molecule has 0 heterocycles. The van der Waals surface area contributed by atoms with Gasteiger partial charge in [0.15, 0.2) is 0 Å². The first-order valence-corrected chi connectivity index (χ1v) is 8.01. The van der Waals surface area contributed by atoms with Gasteiger partial charge in [0.2, 0.25) is 0 Å². The minimum Gasteiger partial charge on any atom is -0.483 e. The van der Waals surface area contributed by atoms with Crippen LogP contribution in [0.15, 0.2) is 57.9 Å². The Kier molecular flexibility index (Phi) is 5.31. The van der Waals surface area contributed by atoms with Gasteiger partial charge in [0.05, 0.1) is 0 Å². The van der Waals surface area contributed by atoms with Gasteiger partial charge in [0, 0.05) is 15.9 Å². The zero-order chi connectivity index (χ0) is 13.7. The van der Waals surface area contributed by atoms with Crippen molar-refractivity contribution in [2.45, 2.75) is 11.0 Å². The molecular weight excluding hydrogens is 322 g/mol. The van der Waals surface area contributed by atoms with Crippen LogP contribution in [0.25, 0.3) is 0 Å². The summed E-state index contributed by atoms with van der Waals surface area (Å²) in [6.07, 6.45) is 1.91. The van der Waals surface area contributed by atoms with Crippen molar-refractivity contribution in [2.75, 3.05) is 12.8 Å². The molecule has 0 bridgehead atoms. The third kappa shape index (κ3) is 3.75. The fourth-order valence-electron chi connectivity index (χ4n) is 1.83. The second-order valence-corrected chi connectivity index (χ2v) is 5.81. The van der Waals surface area contributed by atoms with E-state index in [9.17, 15) is 0 Å². The van der Waals surface area contributed by atoms with Gasteiger partial charge in [-0.2, -0.15) is 0 Å². The van der Waals surface area contributed by atoms with E-state index in [1.807, 2.05) is 48.7 Å². The van der Waals surface area contributed by atoms with Crippen LogP contribution >= 0.6 is 27.7 Å². The Balaban J connectivity index is 2.24. The van der Waals surface area contributed by atoms with Gasteiger partial charge in [-0.3, -0.25) is 0 Å². The molecule has 0 saturated heterocycles. The van der Waals surface area contributed by atoms with Gasteiger partial charge in [0.1, 0.15) is 11.9 Å². The van der Waals surface area contributed by atoms with Crippen molar-refractivity contribution in [1.82, 2.24) is 0 Å². The summed E-state index contributed by atoms with van der Waals surface area (Å²) in [5.74, 6) is 0.880. The molecule has 2 nitrogen and oxygen atoms in total. The van der Waals surface area contributed by atoms with Crippen LogP contribution < -0.4 is 10.5 Å². The third-order valence-electron chi connectivity index (χ3n) is 2.77. The lowest BCUT2D eigenvalue weighted by molar-refractivity contribution is 0.209. The van der Waals surface area contributed by atoms with Crippen LogP contribution in [0, 0.1) is 0 Å². The molecule has 100 valence electrons. The van der Waals surface area contributed by atoms with Gasteiger partial charge in [0.25, 0.3) is 0 Å². The highest BCUT2D eigenvalue weighted by atomic mass is 79.9. The number of para-hydroxylation sites is 1. The summed E-state index contributed by atoms with van der Waals surface area (Å²) in [4.78, 5) is 1.12. The number of rotatable bonds is 5. The van der Waals surface area contributed by atoms with Crippen molar-refractivity contribution in [3.8, 4) is 5.75 Å². The molecule has 0 aromatic heterocycles. The fraction of sp³-hybridized carbons (Fsp3) is 0.200. The van der Waals surface area contributed by atoms with Crippen molar-refractivity contribution in [1.29, 1.82) is 0 Å². The third-order valence-corrected chi connectivity index (χ3v) is 4.04. The van der Waals surface area contributed by atoms with E-state index in [4.69, 9.17) is 10.5 Å². The average molecular weight is 338 g/mol. The number of hydrogen-bond acceptors (Lipinski definition) is 3. The first-order chi connectivity index (χ1) is 9.24. The minimum atomic E-state index is -0.134. The Morgan fingerprint density at radius 3 is 2.68 bits per heavy atom. The molecule has 19 heavy (non-hydrogen) atoms. The lowest BCUT2D eigenvalue weighted by Gasteiger charge is -2.19. The molecule has 1 atom stereocenters. The Labute approximate surface area is 126 Å². The standard InChI is InChI=1S/C15H16BrNOS/c1-19-15-8-3-2-7-13(15)18-14(10-17)11-5-4-6-12(16)9-11/h2-9,14H,10,17H2,1H3. The SMILES string of the molecule is CSc1ccccc1OC(CN)c1cccc(Br)c1. The molecule has 0 aliphatic carbocycles. The van der Waals surface area contributed by atoms with E-state index in [0.717, 1.165) is 20.7 Å². The summed E-state index contributed by atoms with van der Waals surface area (Å²) >= 11 is 5.14. The van der Waals surface area contributed by atoms with E-state index in [2.05, 4.69) is 22.0 Å². The van der Waals surface area contributed by atoms with Crippen LogP contribution in [0.3, 0.4) is 0 Å². The predicted octanol–water partition coefficient (Wildman–Crippen LogP) is 4.25. The molecule has 4 heteroatoms. The first kappa shape index (κ1) is 14.4. The van der Waals surface area contributed by atoms with Crippen molar-refractivity contribution in [3.63, 3.8) is 0 Å². The number of thioether (sulfide) groups is 1. The fourth-order valence-corrected chi connectivity index (χ4v) is 2.78. The summed E-state index contributed by atoms with van der Waals surface area (Å²) in [6.45, 7) is 0.444. The lowest BCUT2D eigenvalue weighted by Crippen LogP contribution is -2.18. The van der Waals surface area contributed by atoms with Crippen molar-refractivity contribution in [2.24, 2.45) is 5.73 Å². The largest absolute Gasteiger partial charge is 0.483 e. The molecule has 2 aromatic rings. The van der Waals surface area contributed by atoms with Gasteiger partial charge < -0.3 is 10.5 Å². The second-order valence-electron chi connectivity index (χ2n) is 4.05. The maximum Gasteiger partial charge on any atom is 0.136 e. The topological polar surface area (TPSA) is 35.2 Å². The molecule has 2 aromatic carbocycles. The molecular formula is C15H16BrNOS. The Morgan fingerprint density at radius 2 is 2.00 bits per heavy atom. The van der Waals surface area contributed by atoms with Crippen LogP contribution in [-0.4, -0.2) is 12.8 Å². The van der Waals surface area contributed by atoms with Gasteiger partial charge in [-0.1, -0.05) is 40.2 Å². The molecule has 2 rings (SSSR count). The van der Waals surface area contributed by atoms with Gasteiger partial charge >= 0.3 is 0 Å². The van der Waals surface area contributed by atoms with E-state index < -0.39 is 0 Å². The minimum absolute atomic E-state index is 0.134. The van der Waals surface area contributed by atoms with Crippen LogP contribution in [0.4, 0.5) is 0 Å². The lowest BCUT2D eigenvalue weighted by atomic mass is 10.1.